The number of aliphatic hydroxyl groups is 1. The van der Waals surface area contributed by atoms with Crippen LogP contribution in [0.5, 0.6) is 0 Å². The predicted molar refractivity (Wildman–Crippen MR) is 73.2 cm³/mol. The molecule has 0 amide bonds. The van der Waals surface area contributed by atoms with Crippen LogP contribution in [0, 0.1) is 10.1 Å². The molecule has 0 radical (unpaired) electrons. The van der Waals surface area contributed by atoms with Gasteiger partial charge in [-0.2, -0.15) is 0 Å². The van der Waals surface area contributed by atoms with Crippen molar-refractivity contribution in [1.29, 1.82) is 0 Å². The van der Waals surface area contributed by atoms with Crippen LogP contribution in [-0.2, 0) is 14.8 Å². The van der Waals surface area contributed by atoms with Gasteiger partial charge >= 0.3 is 5.82 Å². The molecular weight excluding hydrogens is 302 g/mol. The lowest BCUT2D eigenvalue weighted by atomic mass is 10.0. The Hall–Kier alpha value is -1.62. The third-order valence-electron chi connectivity index (χ3n) is 2.71. The molecule has 1 unspecified atom stereocenters. The van der Waals surface area contributed by atoms with Crippen molar-refractivity contribution in [2.75, 3.05) is 20.3 Å². The topological polar surface area (TPSA) is 132 Å². The van der Waals surface area contributed by atoms with E-state index in [1.807, 2.05) is 0 Å². The summed E-state index contributed by atoms with van der Waals surface area (Å²) in [4.78, 5) is 13.0. The Morgan fingerprint density at radius 2 is 2.19 bits per heavy atom. The van der Waals surface area contributed by atoms with E-state index in [9.17, 15) is 23.6 Å². The van der Waals surface area contributed by atoms with E-state index in [-0.39, 0.29) is 24.5 Å². The first-order valence-corrected chi connectivity index (χ1v) is 7.48. The molecule has 1 rings (SSSR count). The van der Waals surface area contributed by atoms with Gasteiger partial charge in [0.2, 0.25) is 10.0 Å². The molecule has 21 heavy (non-hydrogen) atoms. The summed E-state index contributed by atoms with van der Waals surface area (Å²) in [5.74, 6) is -0.443. The highest BCUT2D eigenvalue weighted by atomic mass is 32.2. The van der Waals surface area contributed by atoms with Crippen molar-refractivity contribution in [2.45, 2.75) is 23.8 Å². The van der Waals surface area contributed by atoms with Gasteiger partial charge in [0.1, 0.15) is 4.90 Å². The second-order valence-corrected chi connectivity index (χ2v) is 6.44. The highest BCUT2D eigenvalue weighted by Gasteiger charge is 2.25. The fraction of sp³-hybridized carbons (Fsp3) is 0.545. The van der Waals surface area contributed by atoms with Crippen LogP contribution < -0.4 is 4.72 Å². The van der Waals surface area contributed by atoms with Gasteiger partial charge in [-0.3, -0.25) is 0 Å². The third-order valence-corrected chi connectivity index (χ3v) is 4.09. The Labute approximate surface area is 122 Å². The Balaban J connectivity index is 2.75. The minimum absolute atomic E-state index is 0.212. The predicted octanol–water partition coefficient (Wildman–Crippen LogP) is 0.0556. The number of rotatable bonds is 8. The van der Waals surface area contributed by atoms with Gasteiger partial charge in [-0.1, -0.05) is 0 Å². The monoisotopic (exact) mass is 319 g/mol. The summed E-state index contributed by atoms with van der Waals surface area (Å²) in [7, 11) is -2.42. The van der Waals surface area contributed by atoms with Crippen LogP contribution in [0.2, 0.25) is 0 Å². The van der Waals surface area contributed by atoms with Crippen molar-refractivity contribution < 1.29 is 23.2 Å². The van der Waals surface area contributed by atoms with Crippen LogP contribution in [0.15, 0.2) is 23.2 Å². The molecule has 0 saturated heterocycles. The third kappa shape index (κ3) is 5.34. The first kappa shape index (κ1) is 17.4. The molecule has 1 atom stereocenters. The highest BCUT2D eigenvalue weighted by Crippen LogP contribution is 2.14. The molecule has 1 aromatic rings. The molecule has 0 aliphatic rings. The van der Waals surface area contributed by atoms with E-state index in [1.54, 1.807) is 0 Å². The molecule has 0 spiro atoms. The normalized spacial score (nSPS) is 14.6. The van der Waals surface area contributed by atoms with E-state index >= 15 is 0 Å². The summed E-state index contributed by atoms with van der Waals surface area (Å²) >= 11 is 0. The Morgan fingerprint density at radius 1 is 1.52 bits per heavy atom. The zero-order valence-electron chi connectivity index (χ0n) is 11.6. The molecule has 1 heterocycles. The second kappa shape index (κ2) is 6.89. The minimum atomic E-state index is -3.90. The zero-order valence-corrected chi connectivity index (χ0v) is 12.5. The number of nitrogens with zero attached hydrogens (tertiary/aromatic N) is 2. The van der Waals surface area contributed by atoms with Crippen LogP contribution >= 0.6 is 0 Å². The summed E-state index contributed by atoms with van der Waals surface area (Å²) in [6.07, 6.45) is 1.15. The second-order valence-electron chi connectivity index (χ2n) is 4.67. The van der Waals surface area contributed by atoms with Gasteiger partial charge in [-0.25, -0.2) is 13.1 Å². The van der Waals surface area contributed by atoms with Gasteiger partial charge < -0.3 is 20.0 Å². The van der Waals surface area contributed by atoms with Gasteiger partial charge in [-0.05, 0) is 22.9 Å². The van der Waals surface area contributed by atoms with Crippen molar-refractivity contribution in [2.24, 2.45) is 0 Å². The lowest BCUT2D eigenvalue weighted by Crippen LogP contribution is -2.41. The molecule has 0 fully saturated rings. The average Bonchev–Trinajstić information content (AvgIpc) is 2.43. The lowest BCUT2D eigenvalue weighted by Gasteiger charge is -2.22. The first-order chi connectivity index (χ1) is 9.68. The fourth-order valence-electron chi connectivity index (χ4n) is 1.38. The smallest absolute Gasteiger partial charge is 0.363 e. The van der Waals surface area contributed by atoms with Crippen LogP contribution in [0.4, 0.5) is 5.82 Å². The number of nitro groups is 1. The molecule has 0 bridgehead atoms. The minimum Gasteiger partial charge on any atom is -0.389 e. The van der Waals surface area contributed by atoms with Gasteiger partial charge in [0.15, 0.2) is 6.20 Å². The van der Waals surface area contributed by atoms with Crippen LogP contribution in [0.1, 0.15) is 13.3 Å². The van der Waals surface area contributed by atoms with E-state index in [1.165, 1.54) is 14.0 Å². The number of sulfonamides is 1. The lowest BCUT2D eigenvalue weighted by molar-refractivity contribution is -0.389. The van der Waals surface area contributed by atoms with Crippen molar-refractivity contribution in [3.05, 3.63) is 28.4 Å². The summed E-state index contributed by atoms with van der Waals surface area (Å²) in [6.45, 7) is 1.55. The van der Waals surface area contributed by atoms with Crippen LogP contribution in [0.3, 0.4) is 0 Å². The molecular formula is C11H17N3O6S. The van der Waals surface area contributed by atoms with Gasteiger partial charge in [0.25, 0.3) is 0 Å². The number of ether oxygens (including phenoxy) is 1. The molecule has 2 N–H and O–H groups in total. The van der Waals surface area contributed by atoms with Gasteiger partial charge in [0.05, 0.1) is 5.60 Å². The summed E-state index contributed by atoms with van der Waals surface area (Å²) in [6, 6.07) is 2.08. The molecule has 0 aliphatic heterocycles. The Kier molecular flexibility index (Phi) is 5.72. The fourth-order valence-corrected chi connectivity index (χ4v) is 2.49. The molecule has 9 nitrogen and oxygen atoms in total. The first-order valence-electron chi connectivity index (χ1n) is 5.99. The number of hydrogen-bond acceptors (Lipinski definition) is 7. The van der Waals surface area contributed by atoms with E-state index in [4.69, 9.17) is 4.74 Å². The van der Waals surface area contributed by atoms with Crippen molar-refractivity contribution in [3.8, 4) is 0 Å². The molecule has 10 heteroatoms. The number of pyridine rings is 1. The number of aromatic nitrogens is 1. The number of methoxy groups -OCH3 is 1. The van der Waals surface area contributed by atoms with Gasteiger partial charge in [-0.15, -0.1) is 0 Å². The SMILES string of the molecule is COCCC(C)(O)CNS(=O)(=O)c1ccc([N+](=O)[O-])nc1. The molecule has 118 valence electrons. The standard InChI is InChI=1S/C11H17N3O6S/c1-11(15,5-6-20-2)8-13-21(18,19)9-3-4-10(12-7-9)14(16)17/h3-4,7,13,15H,5-6,8H2,1-2H3. The van der Waals surface area contributed by atoms with Crippen molar-refractivity contribution >= 4 is 15.8 Å². The highest BCUT2D eigenvalue weighted by molar-refractivity contribution is 7.89. The maximum atomic E-state index is 12.0. The average molecular weight is 319 g/mol. The molecule has 1 aromatic heterocycles. The van der Waals surface area contributed by atoms with Crippen LogP contribution in [0.25, 0.3) is 0 Å². The molecule has 0 saturated carbocycles. The molecule has 0 aromatic carbocycles. The largest absolute Gasteiger partial charge is 0.389 e. The summed E-state index contributed by atoms with van der Waals surface area (Å²) < 4.78 is 31.0. The zero-order chi connectivity index (χ0) is 16.1. The van der Waals surface area contributed by atoms with Gasteiger partial charge in [0, 0.05) is 32.7 Å². The quantitative estimate of drug-likeness (QED) is 0.511. The van der Waals surface area contributed by atoms with E-state index in [0.29, 0.717) is 0 Å². The van der Waals surface area contributed by atoms with E-state index in [2.05, 4.69) is 9.71 Å². The molecule has 0 aliphatic carbocycles. The number of hydrogen-bond donors (Lipinski definition) is 2. The number of nitrogens with one attached hydrogen (secondary N) is 1. The van der Waals surface area contributed by atoms with Crippen molar-refractivity contribution in [3.63, 3.8) is 0 Å². The van der Waals surface area contributed by atoms with E-state index in [0.717, 1.165) is 18.3 Å². The maximum Gasteiger partial charge on any atom is 0.363 e. The van der Waals surface area contributed by atoms with E-state index < -0.39 is 26.4 Å². The Morgan fingerprint density at radius 3 is 2.67 bits per heavy atom. The maximum absolute atomic E-state index is 12.0. The summed E-state index contributed by atoms with van der Waals surface area (Å²) in [5.41, 5.74) is -1.27. The Bertz CT molecular complexity index is 584. The van der Waals surface area contributed by atoms with Crippen molar-refractivity contribution in [1.82, 2.24) is 9.71 Å². The van der Waals surface area contributed by atoms with Crippen LogP contribution in [-0.4, -0.2) is 49.3 Å². The summed E-state index contributed by atoms with van der Waals surface area (Å²) in [5, 5.41) is 20.4.